The molecule has 9 heteroatoms. The summed E-state index contributed by atoms with van der Waals surface area (Å²) in [5, 5.41) is 3.98. The normalized spacial score (nSPS) is 10.5. The number of methoxy groups -OCH3 is 3. The molecule has 0 unspecified atom stereocenters. The molecule has 0 atom stereocenters. The Morgan fingerprint density at radius 3 is 2.09 bits per heavy atom. The highest BCUT2D eigenvalue weighted by molar-refractivity contribution is 5.95. The van der Waals surface area contributed by atoms with E-state index in [-0.39, 0.29) is 5.75 Å². The fourth-order valence-corrected chi connectivity index (χ4v) is 3.07. The average Bonchev–Trinajstić information content (AvgIpc) is 2.89. The molecule has 0 aliphatic heterocycles. The molecule has 9 nitrogen and oxygen atoms in total. The van der Waals surface area contributed by atoms with Gasteiger partial charge in [0.2, 0.25) is 0 Å². The Morgan fingerprint density at radius 1 is 0.800 bits per heavy atom. The van der Waals surface area contributed by atoms with Gasteiger partial charge in [0, 0.05) is 5.56 Å². The van der Waals surface area contributed by atoms with Crippen molar-refractivity contribution < 1.29 is 33.3 Å². The van der Waals surface area contributed by atoms with Crippen molar-refractivity contribution in [3.05, 3.63) is 77.4 Å². The summed E-state index contributed by atoms with van der Waals surface area (Å²) in [4.78, 5) is 24.9. The quantitative estimate of drug-likeness (QED) is 0.202. The summed E-state index contributed by atoms with van der Waals surface area (Å²) in [6, 6.07) is 16.3. The van der Waals surface area contributed by atoms with E-state index in [4.69, 9.17) is 23.7 Å². The largest absolute Gasteiger partial charge is 0.494 e. The van der Waals surface area contributed by atoms with Crippen molar-refractivity contribution in [1.82, 2.24) is 5.43 Å². The minimum absolute atomic E-state index is 0.248. The minimum atomic E-state index is -0.532. The van der Waals surface area contributed by atoms with E-state index in [1.807, 2.05) is 6.92 Å². The number of benzene rings is 3. The third-order valence-corrected chi connectivity index (χ3v) is 4.82. The van der Waals surface area contributed by atoms with Gasteiger partial charge in [0.25, 0.3) is 5.91 Å². The SMILES string of the molecule is CCOc1ccc(C(=O)Oc2ccc(/C=N/NC(=O)c3ccc(OC)c(OC)c3)cc2OC)cc1. The predicted octanol–water partition coefficient (Wildman–Crippen LogP) is 4.09. The molecule has 0 spiro atoms. The summed E-state index contributed by atoms with van der Waals surface area (Å²) >= 11 is 0. The lowest BCUT2D eigenvalue weighted by Gasteiger charge is -2.10. The zero-order valence-electron chi connectivity index (χ0n) is 19.9. The van der Waals surface area contributed by atoms with Crippen molar-refractivity contribution in [3.8, 4) is 28.7 Å². The van der Waals surface area contributed by atoms with Crippen LogP contribution < -0.4 is 29.1 Å². The van der Waals surface area contributed by atoms with Crippen LogP contribution in [0.4, 0.5) is 0 Å². The number of rotatable bonds is 10. The van der Waals surface area contributed by atoms with Crippen LogP contribution in [0, 0.1) is 0 Å². The molecule has 0 aliphatic carbocycles. The first kappa shape index (κ1) is 25.1. The molecule has 0 fully saturated rings. The molecule has 3 aromatic rings. The summed E-state index contributed by atoms with van der Waals surface area (Å²) in [6.45, 7) is 2.42. The Balaban J connectivity index is 1.65. The number of hydrogen-bond acceptors (Lipinski definition) is 8. The topological polar surface area (TPSA) is 105 Å². The zero-order valence-corrected chi connectivity index (χ0v) is 19.9. The van der Waals surface area contributed by atoms with Crippen molar-refractivity contribution in [2.75, 3.05) is 27.9 Å². The maximum Gasteiger partial charge on any atom is 0.343 e. The molecule has 3 aromatic carbocycles. The van der Waals surface area contributed by atoms with E-state index in [9.17, 15) is 9.59 Å². The number of carbonyl (C=O) groups is 2. The Morgan fingerprint density at radius 2 is 1.43 bits per heavy atom. The van der Waals surface area contributed by atoms with E-state index < -0.39 is 11.9 Å². The highest BCUT2D eigenvalue weighted by Gasteiger charge is 2.14. The van der Waals surface area contributed by atoms with Crippen LogP contribution in [0.2, 0.25) is 0 Å². The van der Waals surface area contributed by atoms with Crippen molar-refractivity contribution in [2.24, 2.45) is 5.10 Å². The molecule has 0 saturated carbocycles. The lowest BCUT2D eigenvalue weighted by atomic mass is 10.2. The molecule has 3 rings (SSSR count). The van der Waals surface area contributed by atoms with Gasteiger partial charge in [-0.15, -0.1) is 0 Å². The monoisotopic (exact) mass is 478 g/mol. The third-order valence-electron chi connectivity index (χ3n) is 4.82. The number of ether oxygens (including phenoxy) is 5. The van der Waals surface area contributed by atoms with Gasteiger partial charge in [0.1, 0.15) is 5.75 Å². The standard InChI is InChI=1S/C26H26N2O7/c1-5-34-20-10-7-18(8-11-20)26(30)35-22-12-6-17(14-23(22)32-3)16-27-28-25(29)19-9-13-21(31-2)24(15-19)33-4/h6-16H,5H2,1-4H3,(H,28,29)/b27-16+. The van der Waals surface area contributed by atoms with E-state index >= 15 is 0 Å². The predicted molar refractivity (Wildman–Crippen MR) is 130 cm³/mol. The molecule has 35 heavy (non-hydrogen) atoms. The molecule has 0 radical (unpaired) electrons. The second kappa shape index (κ2) is 12.1. The third kappa shape index (κ3) is 6.50. The van der Waals surface area contributed by atoms with E-state index in [1.165, 1.54) is 27.5 Å². The smallest absolute Gasteiger partial charge is 0.343 e. The van der Waals surface area contributed by atoms with Crippen molar-refractivity contribution in [3.63, 3.8) is 0 Å². The second-order valence-electron chi connectivity index (χ2n) is 7.03. The van der Waals surface area contributed by atoms with Gasteiger partial charge in [-0.2, -0.15) is 5.10 Å². The molecule has 0 bridgehead atoms. The summed E-state index contributed by atoms with van der Waals surface area (Å²) in [7, 11) is 4.47. The summed E-state index contributed by atoms with van der Waals surface area (Å²) < 4.78 is 26.6. The molecular formula is C26H26N2O7. The summed E-state index contributed by atoms with van der Waals surface area (Å²) in [5.41, 5.74) is 3.80. The Kier molecular flexibility index (Phi) is 8.66. The molecule has 0 saturated heterocycles. The fourth-order valence-electron chi connectivity index (χ4n) is 3.07. The average molecular weight is 479 g/mol. The highest BCUT2D eigenvalue weighted by atomic mass is 16.6. The summed E-state index contributed by atoms with van der Waals surface area (Å²) in [6.07, 6.45) is 1.44. The van der Waals surface area contributed by atoms with Crippen LogP contribution in [0.15, 0.2) is 65.8 Å². The molecule has 0 aromatic heterocycles. The molecular weight excluding hydrogens is 452 g/mol. The Bertz CT molecular complexity index is 1210. The molecule has 0 heterocycles. The van der Waals surface area contributed by atoms with Gasteiger partial charge in [0.15, 0.2) is 23.0 Å². The Labute approximate surface area is 203 Å². The van der Waals surface area contributed by atoms with Crippen LogP contribution in [-0.4, -0.2) is 46.0 Å². The summed E-state index contributed by atoms with van der Waals surface area (Å²) in [5.74, 6) is 1.25. The van der Waals surface area contributed by atoms with Crippen molar-refractivity contribution in [2.45, 2.75) is 6.92 Å². The number of nitrogens with one attached hydrogen (secondary N) is 1. The number of amides is 1. The van der Waals surface area contributed by atoms with Crippen LogP contribution in [0.3, 0.4) is 0 Å². The van der Waals surface area contributed by atoms with Crippen LogP contribution in [0.5, 0.6) is 28.7 Å². The lowest BCUT2D eigenvalue weighted by molar-refractivity contribution is 0.0729. The van der Waals surface area contributed by atoms with Crippen LogP contribution in [-0.2, 0) is 0 Å². The van der Waals surface area contributed by atoms with Gasteiger partial charge < -0.3 is 23.7 Å². The van der Waals surface area contributed by atoms with Crippen molar-refractivity contribution in [1.29, 1.82) is 0 Å². The van der Waals surface area contributed by atoms with E-state index in [2.05, 4.69) is 10.5 Å². The van der Waals surface area contributed by atoms with Gasteiger partial charge in [-0.1, -0.05) is 0 Å². The van der Waals surface area contributed by atoms with E-state index in [1.54, 1.807) is 60.7 Å². The first-order valence-corrected chi connectivity index (χ1v) is 10.7. The number of hydrazone groups is 1. The van der Waals surface area contributed by atoms with Gasteiger partial charge in [-0.3, -0.25) is 4.79 Å². The highest BCUT2D eigenvalue weighted by Crippen LogP contribution is 2.29. The fraction of sp³-hybridized carbons (Fsp3) is 0.192. The van der Waals surface area contributed by atoms with Gasteiger partial charge >= 0.3 is 5.97 Å². The number of carbonyl (C=O) groups excluding carboxylic acids is 2. The van der Waals surface area contributed by atoms with Crippen molar-refractivity contribution >= 4 is 18.1 Å². The number of hydrogen-bond donors (Lipinski definition) is 1. The molecule has 1 amide bonds. The maximum absolute atomic E-state index is 12.5. The Hall–Kier alpha value is -4.53. The number of esters is 1. The number of nitrogens with zero attached hydrogens (tertiary/aromatic N) is 1. The first-order valence-electron chi connectivity index (χ1n) is 10.7. The van der Waals surface area contributed by atoms with Gasteiger partial charge in [-0.25, -0.2) is 10.2 Å². The van der Waals surface area contributed by atoms with E-state index in [0.29, 0.717) is 46.3 Å². The lowest BCUT2D eigenvalue weighted by Crippen LogP contribution is -2.17. The molecule has 182 valence electrons. The van der Waals surface area contributed by atoms with Gasteiger partial charge in [-0.05, 0) is 73.2 Å². The van der Waals surface area contributed by atoms with Gasteiger partial charge in [0.05, 0.1) is 39.7 Å². The van der Waals surface area contributed by atoms with E-state index in [0.717, 1.165) is 0 Å². The molecule has 1 N–H and O–H groups in total. The van der Waals surface area contributed by atoms with Crippen LogP contribution in [0.1, 0.15) is 33.2 Å². The van der Waals surface area contributed by atoms with Crippen LogP contribution in [0.25, 0.3) is 0 Å². The molecule has 0 aliphatic rings. The van der Waals surface area contributed by atoms with Crippen LogP contribution >= 0.6 is 0 Å². The second-order valence-corrected chi connectivity index (χ2v) is 7.03. The maximum atomic E-state index is 12.5. The minimum Gasteiger partial charge on any atom is -0.494 e. The first-order chi connectivity index (χ1) is 17.0. The zero-order chi connectivity index (χ0) is 25.2.